The standard InChI is InChI=1S/C23H30ClN3O5S/c1-3-26(4-2)11-16-32-21-8-6-5-7-20(21)25-23(28)18-9-10-19(24)22(17-18)33(29,30)27-12-14-31-15-13-27/h5-10,17H,3-4,11-16H2,1-2H3,(H,25,28). The average molecular weight is 496 g/mol. The van der Waals surface area contributed by atoms with E-state index in [1.165, 1.54) is 22.5 Å². The number of para-hydroxylation sites is 2. The summed E-state index contributed by atoms with van der Waals surface area (Å²) in [4.78, 5) is 15.1. The highest BCUT2D eigenvalue weighted by Gasteiger charge is 2.29. The molecular formula is C23H30ClN3O5S. The van der Waals surface area contributed by atoms with Crippen molar-refractivity contribution in [3.8, 4) is 5.75 Å². The molecule has 8 nitrogen and oxygen atoms in total. The maximum atomic E-state index is 13.0. The molecule has 0 radical (unpaired) electrons. The van der Waals surface area contributed by atoms with Crippen molar-refractivity contribution < 1.29 is 22.7 Å². The molecule has 2 aromatic carbocycles. The van der Waals surface area contributed by atoms with E-state index in [9.17, 15) is 13.2 Å². The van der Waals surface area contributed by atoms with Crippen LogP contribution in [0.25, 0.3) is 0 Å². The van der Waals surface area contributed by atoms with Gasteiger partial charge in [0.2, 0.25) is 10.0 Å². The fraction of sp³-hybridized carbons (Fsp3) is 0.435. The van der Waals surface area contributed by atoms with Gasteiger partial charge in [0.1, 0.15) is 17.3 Å². The van der Waals surface area contributed by atoms with Crippen LogP contribution < -0.4 is 10.1 Å². The van der Waals surface area contributed by atoms with Crippen molar-refractivity contribution >= 4 is 33.2 Å². The van der Waals surface area contributed by atoms with Crippen molar-refractivity contribution in [3.63, 3.8) is 0 Å². The second kappa shape index (κ2) is 11.8. The highest BCUT2D eigenvalue weighted by atomic mass is 35.5. The molecule has 0 bridgehead atoms. The van der Waals surface area contributed by atoms with Crippen LogP contribution in [0.2, 0.25) is 5.02 Å². The summed E-state index contributed by atoms with van der Waals surface area (Å²) in [7, 11) is -3.84. The summed E-state index contributed by atoms with van der Waals surface area (Å²) in [5.41, 5.74) is 0.693. The number of hydrogen-bond donors (Lipinski definition) is 1. The molecule has 0 aliphatic carbocycles. The van der Waals surface area contributed by atoms with E-state index in [-0.39, 0.29) is 28.6 Å². The average Bonchev–Trinajstić information content (AvgIpc) is 2.83. The lowest BCUT2D eigenvalue weighted by atomic mass is 10.2. The quantitative estimate of drug-likeness (QED) is 0.544. The molecule has 33 heavy (non-hydrogen) atoms. The Morgan fingerprint density at radius 3 is 2.55 bits per heavy atom. The van der Waals surface area contributed by atoms with E-state index in [2.05, 4.69) is 24.1 Å². The first-order valence-electron chi connectivity index (χ1n) is 11.0. The number of rotatable bonds is 10. The molecule has 1 amide bonds. The predicted octanol–water partition coefficient (Wildman–Crippen LogP) is 3.33. The Labute approximate surface area is 200 Å². The minimum absolute atomic E-state index is 0.0678. The molecule has 1 aliphatic heterocycles. The van der Waals surface area contributed by atoms with E-state index in [1.54, 1.807) is 18.2 Å². The Bertz CT molecular complexity index is 1050. The predicted molar refractivity (Wildman–Crippen MR) is 129 cm³/mol. The van der Waals surface area contributed by atoms with Crippen molar-refractivity contribution in [3.05, 3.63) is 53.1 Å². The minimum Gasteiger partial charge on any atom is -0.490 e. The first-order chi connectivity index (χ1) is 15.9. The van der Waals surface area contributed by atoms with Gasteiger partial charge >= 0.3 is 0 Å². The van der Waals surface area contributed by atoms with Gasteiger partial charge in [-0.1, -0.05) is 37.6 Å². The number of amides is 1. The lowest BCUT2D eigenvalue weighted by Crippen LogP contribution is -2.40. The van der Waals surface area contributed by atoms with Crippen LogP contribution in [0.4, 0.5) is 5.69 Å². The van der Waals surface area contributed by atoms with Crippen LogP contribution in [0.1, 0.15) is 24.2 Å². The zero-order chi connectivity index (χ0) is 23.8. The van der Waals surface area contributed by atoms with Crippen molar-refractivity contribution in [2.75, 3.05) is 57.9 Å². The first kappa shape index (κ1) is 25.5. The number of likely N-dealkylation sites (N-methyl/N-ethyl adjacent to an activating group) is 1. The van der Waals surface area contributed by atoms with E-state index in [0.717, 1.165) is 19.6 Å². The summed E-state index contributed by atoms with van der Waals surface area (Å²) in [5.74, 6) is 0.0954. The zero-order valence-corrected chi connectivity index (χ0v) is 20.5. The SMILES string of the molecule is CCN(CC)CCOc1ccccc1NC(=O)c1ccc(Cl)c(S(=O)(=O)N2CCOCC2)c1. The summed E-state index contributed by atoms with van der Waals surface area (Å²) in [6.45, 7) is 8.45. The van der Waals surface area contributed by atoms with E-state index < -0.39 is 15.9 Å². The lowest BCUT2D eigenvalue weighted by Gasteiger charge is -2.26. The van der Waals surface area contributed by atoms with Crippen LogP contribution in [0.15, 0.2) is 47.4 Å². The fourth-order valence-electron chi connectivity index (χ4n) is 3.48. The third kappa shape index (κ3) is 6.45. The first-order valence-corrected chi connectivity index (χ1v) is 12.8. The lowest BCUT2D eigenvalue weighted by molar-refractivity contribution is 0.0730. The number of hydrogen-bond acceptors (Lipinski definition) is 6. The summed E-state index contributed by atoms with van der Waals surface area (Å²) >= 11 is 6.20. The van der Waals surface area contributed by atoms with Crippen molar-refractivity contribution in [2.45, 2.75) is 18.7 Å². The van der Waals surface area contributed by atoms with Crippen LogP contribution in [-0.2, 0) is 14.8 Å². The maximum absolute atomic E-state index is 13.0. The van der Waals surface area contributed by atoms with Crippen LogP contribution >= 0.6 is 11.6 Å². The maximum Gasteiger partial charge on any atom is 0.255 e. The number of carbonyl (C=O) groups is 1. The van der Waals surface area contributed by atoms with E-state index in [1.807, 2.05) is 6.07 Å². The molecule has 180 valence electrons. The summed E-state index contributed by atoms with van der Waals surface area (Å²) in [5, 5.41) is 2.89. The normalized spacial score (nSPS) is 14.9. The molecule has 1 saturated heterocycles. The number of halogens is 1. The molecule has 0 atom stereocenters. The molecule has 1 aliphatic rings. The topological polar surface area (TPSA) is 88.2 Å². The number of morpholine rings is 1. The van der Waals surface area contributed by atoms with Gasteiger partial charge in [0.25, 0.3) is 5.91 Å². The van der Waals surface area contributed by atoms with Crippen LogP contribution in [-0.4, -0.2) is 76.1 Å². The van der Waals surface area contributed by atoms with Gasteiger partial charge in [-0.3, -0.25) is 4.79 Å². The van der Waals surface area contributed by atoms with Crippen LogP contribution in [0, 0.1) is 0 Å². The highest BCUT2D eigenvalue weighted by molar-refractivity contribution is 7.89. The van der Waals surface area contributed by atoms with Crippen molar-refractivity contribution in [1.82, 2.24) is 9.21 Å². The number of ether oxygens (including phenoxy) is 2. The number of carbonyl (C=O) groups excluding carboxylic acids is 1. The van der Waals surface area contributed by atoms with Gasteiger partial charge in [0.15, 0.2) is 0 Å². The molecule has 1 fully saturated rings. The number of benzene rings is 2. The molecule has 1 heterocycles. The van der Waals surface area contributed by atoms with Gasteiger partial charge in [-0.2, -0.15) is 4.31 Å². The van der Waals surface area contributed by atoms with Gasteiger partial charge in [0, 0.05) is 25.2 Å². The summed E-state index contributed by atoms with van der Waals surface area (Å²) in [6.07, 6.45) is 0. The molecule has 0 spiro atoms. The number of nitrogens with zero attached hydrogens (tertiary/aromatic N) is 2. The Kier molecular flexibility index (Phi) is 9.10. The third-order valence-electron chi connectivity index (χ3n) is 5.48. The molecule has 0 saturated carbocycles. The minimum atomic E-state index is -3.84. The molecule has 3 rings (SSSR count). The Hall–Kier alpha value is -2.17. The Morgan fingerprint density at radius 2 is 1.85 bits per heavy atom. The number of sulfonamides is 1. The van der Waals surface area contributed by atoms with Gasteiger partial charge in [-0.05, 0) is 43.4 Å². The Balaban J connectivity index is 1.76. The van der Waals surface area contributed by atoms with Gasteiger partial charge in [-0.25, -0.2) is 8.42 Å². The van der Waals surface area contributed by atoms with E-state index in [0.29, 0.717) is 31.3 Å². The molecule has 10 heteroatoms. The molecule has 1 N–H and O–H groups in total. The second-order valence-electron chi connectivity index (χ2n) is 7.49. The van der Waals surface area contributed by atoms with Gasteiger partial charge < -0.3 is 19.7 Å². The molecular weight excluding hydrogens is 466 g/mol. The van der Waals surface area contributed by atoms with E-state index in [4.69, 9.17) is 21.1 Å². The summed E-state index contributed by atoms with van der Waals surface area (Å²) in [6, 6.07) is 11.4. The molecule has 0 aromatic heterocycles. The molecule has 2 aromatic rings. The van der Waals surface area contributed by atoms with Crippen molar-refractivity contribution in [2.24, 2.45) is 0 Å². The number of nitrogens with one attached hydrogen (secondary N) is 1. The monoisotopic (exact) mass is 495 g/mol. The van der Waals surface area contributed by atoms with Crippen LogP contribution in [0.5, 0.6) is 5.75 Å². The number of anilines is 1. The van der Waals surface area contributed by atoms with Crippen LogP contribution in [0.3, 0.4) is 0 Å². The largest absolute Gasteiger partial charge is 0.490 e. The highest BCUT2D eigenvalue weighted by Crippen LogP contribution is 2.28. The zero-order valence-electron chi connectivity index (χ0n) is 18.9. The van der Waals surface area contributed by atoms with Gasteiger partial charge in [-0.15, -0.1) is 0 Å². The smallest absolute Gasteiger partial charge is 0.255 e. The summed E-state index contributed by atoms with van der Waals surface area (Å²) < 4.78 is 38.5. The van der Waals surface area contributed by atoms with E-state index >= 15 is 0 Å². The second-order valence-corrected chi connectivity index (χ2v) is 9.80. The fourth-order valence-corrected chi connectivity index (χ4v) is 5.39. The molecule has 0 unspecified atom stereocenters. The Morgan fingerprint density at radius 1 is 1.15 bits per heavy atom. The van der Waals surface area contributed by atoms with Gasteiger partial charge in [0.05, 0.1) is 23.9 Å². The third-order valence-corrected chi connectivity index (χ3v) is 7.86. The van der Waals surface area contributed by atoms with Crippen molar-refractivity contribution in [1.29, 1.82) is 0 Å².